The molecule has 0 aliphatic carbocycles. The summed E-state index contributed by atoms with van der Waals surface area (Å²) >= 11 is 0. The van der Waals surface area contributed by atoms with Crippen molar-refractivity contribution in [3.63, 3.8) is 0 Å². The second kappa shape index (κ2) is 8.75. The van der Waals surface area contributed by atoms with E-state index in [0.29, 0.717) is 11.0 Å². The molecule has 0 bridgehead atoms. The second-order valence-electron chi connectivity index (χ2n) is 5.49. The van der Waals surface area contributed by atoms with E-state index in [4.69, 9.17) is 14.2 Å². The normalized spacial score (nSPS) is 18.4. The lowest BCUT2D eigenvalue weighted by Gasteiger charge is -2.25. The van der Waals surface area contributed by atoms with Gasteiger partial charge in [0.2, 0.25) is 0 Å². The Hall–Kier alpha value is -0.600. The molecule has 0 saturated heterocycles. The minimum atomic E-state index is -4.52. The van der Waals surface area contributed by atoms with Gasteiger partial charge in [0.15, 0.2) is 11.9 Å². The van der Waals surface area contributed by atoms with Crippen LogP contribution in [0.25, 0.3) is 0 Å². The highest BCUT2D eigenvalue weighted by Gasteiger charge is 2.35. The zero-order valence-corrected chi connectivity index (χ0v) is 13.7. The fourth-order valence-electron chi connectivity index (χ4n) is 1.27. The molecule has 0 heterocycles. The van der Waals surface area contributed by atoms with Crippen LogP contribution in [0.1, 0.15) is 6.92 Å². The fourth-order valence-corrected chi connectivity index (χ4v) is 2.18. The van der Waals surface area contributed by atoms with Crippen molar-refractivity contribution in [3.8, 4) is 0 Å². The number of ketones is 1. The van der Waals surface area contributed by atoms with Crippen LogP contribution in [0.2, 0.25) is 0 Å². The average Bonchev–Trinajstić information content (AvgIpc) is 2.33. The number of phosphoric ester groups is 1. The first-order valence-corrected chi connectivity index (χ1v) is 7.93. The first kappa shape index (κ1) is 20.4. The van der Waals surface area contributed by atoms with Crippen molar-refractivity contribution in [2.45, 2.75) is 19.1 Å². The minimum absolute atomic E-state index is 0.0585. The Morgan fingerprint density at radius 2 is 1.95 bits per heavy atom. The molecule has 0 fully saturated rings. The highest BCUT2D eigenvalue weighted by atomic mass is 31.2. The summed E-state index contributed by atoms with van der Waals surface area (Å²) < 4.78 is 21.7. The third-order valence-electron chi connectivity index (χ3n) is 2.41. The van der Waals surface area contributed by atoms with E-state index in [0.717, 1.165) is 6.08 Å². The molecule has 0 saturated carbocycles. The minimum Gasteiger partial charge on any atom is -0.394 e. The summed E-state index contributed by atoms with van der Waals surface area (Å²) in [6, 6.07) is 0. The van der Waals surface area contributed by atoms with Gasteiger partial charge in [0, 0.05) is 0 Å². The van der Waals surface area contributed by atoms with E-state index in [9.17, 15) is 19.4 Å². The fraction of sp³-hybridized carbons (Fsp3) is 0.750. The molecule has 9 heteroatoms. The number of carbonyl (C=O) groups excluding carboxylic acids is 1. The van der Waals surface area contributed by atoms with Crippen LogP contribution in [0.4, 0.5) is 0 Å². The maximum atomic E-state index is 11.8. The third kappa shape index (κ3) is 9.10. The quantitative estimate of drug-likeness (QED) is 0.287. The maximum Gasteiger partial charge on any atom is 0.473 e. The SMILES string of the molecule is CC=CC(=O)C(OP(=O)(O)OCC[N+](C)(C)C)[C@@H](O)CO. The molecule has 8 nitrogen and oxygen atoms in total. The van der Waals surface area contributed by atoms with Crippen LogP contribution >= 0.6 is 7.82 Å². The lowest BCUT2D eigenvalue weighted by atomic mass is 10.1. The predicted molar refractivity (Wildman–Crippen MR) is 76.5 cm³/mol. The van der Waals surface area contributed by atoms with Gasteiger partial charge in [0.1, 0.15) is 19.3 Å². The molecule has 21 heavy (non-hydrogen) atoms. The van der Waals surface area contributed by atoms with Crippen LogP contribution in [0.3, 0.4) is 0 Å². The van der Waals surface area contributed by atoms with Crippen molar-refractivity contribution >= 4 is 13.6 Å². The summed E-state index contributed by atoms with van der Waals surface area (Å²) in [4.78, 5) is 21.3. The van der Waals surface area contributed by atoms with Gasteiger partial charge in [-0.15, -0.1) is 0 Å². The number of aliphatic hydroxyl groups is 2. The highest BCUT2D eigenvalue weighted by molar-refractivity contribution is 7.47. The van der Waals surface area contributed by atoms with E-state index in [1.54, 1.807) is 6.92 Å². The largest absolute Gasteiger partial charge is 0.473 e. The van der Waals surface area contributed by atoms with Crippen LogP contribution in [0, 0.1) is 0 Å². The molecule has 0 aromatic heterocycles. The summed E-state index contributed by atoms with van der Waals surface area (Å²) in [5.74, 6) is -0.733. The van der Waals surface area contributed by atoms with E-state index in [-0.39, 0.29) is 6.61 Å². The first-order valence-electron chi connectivity index (χ1n) is 6.44. The van der Waals surface area contributed by atoms with Crippen LogP contribution in [-0.2, 0) is 18.4 Å². The molecule has 0 amide bonds. The molecule has 0 radical (unpaired) electrons. The average molecular weight is 326 g/mol. The Kier molecular flexibility index (Phi) is 8.50. The summed E-state index contributed by atoms with van der Waals surface area (Å²) in [5, 5.41) is 18.4. The van der Waals surface area contributed by atoms with E-state index < -0.39 is 32.4 Å². The van der Waals surface area contributed by atoms with Crippen molar-refractivity contribution in [2.75, 3.05) is 40.9 Å². The molecule has 2 unspecified atom stereocenters. The molecule has 0 aliphatic rings. The number of rotatable bonds is 10. The number of hydrogen-bond acceptors (Lipinski definition) is 6. The number of aliphatic hydroxyl groups excluding tert-OH is 2. The van der Waals surface area contributed by atoms with E-state index >= 15 is 0 Å². The molecule has 0 rings (SSSR count). The van der Waals surface area contributed by atoms with Gasteiger partial charge in [0.05, 0.1) is 27.7 Å². The molecule has 0 spiro atoms. The van der Waals surface area contributed by atoms with Gasteiger partial charge < -0.3 is 19.6 Å². The third-order valence-corrected chi connectivity index (χ3v) is 3.41. The zero-order chi connectivity index (χ0) is 16.7. The second-order valence-corrected chi connectivity index (χ2v) is 6.90. The molecular formula is C12H25NO7P+. The van der Waals surface area contributed by atoms with Crippen LogP contribution in [-0.4, -0.2) is 78.5 Å². The molecular weight excluding hydrogens is 301 g/mol. The number of nitrogens with zero attached hydrogens (tertiary/aromatic N) is 1. The monoisotopic (exact) mass is 326 g/mol. The Balaban J connectivity index is 4.74. The van der Waals surface area contributed by atoms with Crippen LogP contribution in [0.15, 0.2) is 12.2 Å². The summed E-state index contributed by atoms with van der Waals surface area (Å²) in [6.07, 6.45) is -0.805. The number of quaternary nitrogens is 1. The summed E-state index contributed by atoms with van der Waals surface area (Å²) in [5.41, 5.74) is 0. The topological polar surface area (TPSA) is 113 Å². The van der Waals surface area contributed by atoms with Crippen molar-refractivity contribution in [3.05, 3.63) is 12.2 Å². The van der Waals surface area contributed by atoms with E-state index in [1.807, 2.05) is 21.1 Å². The Morgan fingerprint density at radius 3 is 2.38 bits per heavy atom. The van der Waals surface area contributed by atoms with Crippen molar-refractivity contribution in [1.82, 2.24) is 0 Å². The lowest BCUT2D eigenvalue weighted by molar-refractivity contribution is -0.870. The number of allylic oxidation sites excluding steroid dienone is 1. The standard InChI is InChI=1S/C12H24NO7P/c1-5-6-10(15)12(11(16)9-14)20-21(17,18)19-8-7-13(2,3)4/h5-6,11-12,14,16H,7-9H2,1-4H3/p+1/t11-,12?/m0/s1. The van der Waals surface area contributed by atoms with E-state index in [1.165, 1.54) is 6.08 Å². The van der Waals surface area contributed by atoms with Gasteiger partial charge in [-0.05, 0) is 13.0 Å². The van der Waals surface area contributed by atoms with Crippen LogP contribution < -0.4 is 0 Å². The lowest BCUT2D eigenvalue weighted by Crippen LogP contribution is -2.39. The van der Waals surface area contributed by atoms with E-state index in [2.05, 4.69) is 0 Å². The van der Waals surface area contributed by atoms with Gasteiger partial charge in [-0.3, -0.25) is 13.8 Å². The Labute approximate surface area is 124 Å². The van der Waals surface area contributed by atoms with Gasteiger partial charge in [-0.25, -0.2) is 4.57 Å². The Morgan fingerprint density at radius 1 is 1.38 bits per heavy atom. The highest BCUT2D eigenvalue weighted by Crippen LogP contribution is 2.45. The van der Waals surface area contributed by atoms with Gasteiger partial charge >= 0.3 is 7.82 Å². The molecule has 0 aromatic rings. The van der Waals surface area contributed by atoms with Crippen molar-refractivity contribution < 1.29 is 38.0 Å². The summed E-state index contributed by atoms with van der Waals surface area (Å²) in [6.45, 7) is 1.17. The smallest absolute Gasteiger partial charge is 0.394 e. The maximum absolute atomic E-state index is 11.8. The van der Waals surface area contributed by atoms with Crippen LogP contribution in [0.5, 0.6) is 0 Å². The zero-order valence-electron chi connectivity index (χ0n) is 12.8. The molecule has 124 valence electrons. The Bertz CT molecular complexity index is 405. The van der Waals surface area contributed by atoms with Crippen molar-refractivity contribution in [1.29, 1.82) is 0 Å². The first-order chi connectivity index (χ1) is 9.52. The molecule has 0 aromatic carbocycles. The number of likely N-dealkylation sites (N-methyl/N-ethyl adjacent to an activating group) is 1. The van der Waals surface area contributed by atoms with Gasteiger partial charge in [-0.1, -0.05) is 6.08 Å². The number of hydrogen-bond donors (Lipinski definition) is 3. The molecule has 3 N–H and O–H groups in total. The van der Waals surface area contributed by atoms with Gasteiger partial charge in [-0.2, -0.15) is 0 Å². The predicted octanol–water partition coefficient (Wildman–Crippen LogP) is -0.307. The number of phosphoric acid groups is 1. The van der Waals surface area contributed by atoms with Gasteiger partial charge in [0.25, 0.3) is 0 Å². The molecule has 3 atom stereocenters. The number of carbonyl (C=O) groups is 1. The molecule has 0 aliphatic heterocycles. The summed E-state index contributed by atoms with van der Waals surface area (Å²) in [7, 11) is 1.11. The van der Waals surface area contributed by atoms with Crippen molar-refractivity contribution in [2.24, 2.45) is 0 Å².